The van der Waals surface area contributed by atoms with Crippen LogP contribution < -0.4 is 4.90 Å². The topological polar surface area (TPSA) is 3.24 Å². The molecule has 0 aliphatic heterocycles. The Hall–Kier alpha value is -0.690. The summed E-state index contributed by atoms with van der Waals surface area (Å²) in [7, 11) is 0. The van der Waals surface area contributed by atoms with Gasteiger partial charge in [-0.1, -0.05) is 38.8 Å². The fourth-order valence-corrected chi connectivity index (χ4v) is 2.58. The number of hydrogen-bond acceptors (Lipinski definition) is 1. The first-order valence-corrected chi connectivity index (χ1v) is 7.60. The Morgan fingerprint density at radius 1 is 1.17 bits per heavy atom. The second kappa shape index (κ2) is 7.68. The van der Waals surface area contributed by atoms with Crippen molar-refractivity contribution in [3.8, 4) is 0 Å². The molecule has 0 fully saturated rings. The van der Waals surface area contributed by atoms with Crippen LogP contribution >= 0.6 is 11.6 Å². The van der Waals surface area contributed by atoms with Crippen LogP contribution in [0.2, 0.25) is 0 Å². The third kappa shape index (κ3) is 3.91. The van der Waals surface area contributed by atoms with Crippen molar-refractivity contribution in [2.24, 2.45) is 5.92 Å². The van der Waals surface area contributed by atoms with Crippen LogP contribution in [0.25, 0.3) is 0 Å². The molecule has 18 heavy (non-hydrogen) atoms. The molecule has 0 radical (unpaired) electrons. The first-order chi connectivity index (χ1) is 8.65. The number of benzene rings is 1. The zero-order valence-corrected chi connectivity index (χ0v) is 12.9. The van der Waals surface area contributed by atoms with E-state index < -0.39 is 0 Å². The third-order valence-corrected chi connectivity index (χ3v) is 4.08. The predicted molar refractivity (Wildman–Crippen MR) is 82.7 cm³/mol. The fraction of sp³-hybridized carbons (Fsp3) is 0.625. The molecule has 1 aromatic rings. The summed E-state index contributed by atoms with van der Waals surface area (Å²) >= 11 is 5.88. The highest BCUT2D eigenvalue weighted by atomic mass is 35.5. The molecule has 0 bridgehead atoms. The van der Waals surface area contributed by atoms with E-state index in [0.717, 1.165) is 19.0 Å². The van der Waals surface area contributed by atoms with Gasteiger partial charge in [0.25, 0.3) is 0 Å². The summed E-state index contributed by atoms with van der Waals surface area (Å²) in [5.41, 5.74) is 3.90. The van der Waals surface area contributed by atoms with Crippen molar-refractivity contribution in [2.75, 3.05) is 18.0 Å². The minimum absolute atomic E-state index is 0.597. The number of nitrogens with zero attached hydrogens (tertiary/aromatic N) is 1. The first-order valence-electron chi connectivity index (χ1n) is 7.06. The molecule has 0 aliphatic rings. The summed E-state index contributed by atoms with van der Waals surface area (Å²) in [6.45, 7) is 11.2. The van der Waals surface area contributed by atoms with Crippen LogP contribution in [-0.4, -0.2) is 13.1 Å². The molecule has 0 heterocycles. The van der Waals surface area contributed by atoms with E-state index in [9.17, 15) is 0 Å². The van der Waals surface area contributed by atoms with E-state index in [0.29, 0.717) is 5.88 Å². The maximum Gasteiger partial charge on any atom is 0.0474 e. The molecule has 0 saturated carbocycles. The number of halogens is 1. The molecule has 1 aromatic carbocycles. The van der Waals surface area contributed by atoms with Gasteiger partial charge in [0.15, 0.2) is 0 Å². The number of hydrogen-bond donors (Lipinski definition) is 0. The summed E-state index contributed by atoms with van der Waals surface area (Å²) in [5.74, 6) is 1.39. The molecular weight excluding hydrogens is 242 g/mol. The zero-order chi connectivity index (χ0) is 13.5. The van der Waals surface area contributed by atoms with E-state index in [4.69, 9.17) is 11.6 Å². The van der Waals surface area contributed by atoms with Gasteiger partial charge in [-0.2, -0.15) is 0 Å². The van der Waals surface area contributed by atoms with Crippen LogP contribution in [0.15, 0.2) is 18.2 Å². The van der Waals surface area contributed by atoms with Crippen molar-refractivity contribution < 1.29 is 0 Å². The highest BCUT2D eigenvalue weighted by Crippen LogP contribution is 2.24. The quantitative estimate of drug-likeness (QED) is 0.629. The maximum absolute atomic E-state index is 5.88. The lowest BCUT2D eigenvalue weighted by Crippen LogP contribution is -2.29. The van der Waals surface area contributed by atoms with Gasteiger partial charge in [0.05, 0.1) is 0 Å². The smallest absolute Gasteiger partial charge is 0.0474 e. The first kappa shape index (κ1) is 15.4. The van der Waals surface area contributed by atoms with E-state index in [-0.39, 0.29) is 0 Å². The predicted octanol–water partition coefficient (Wildman–Crippen LogP) is 5.00. The lowest BCUT2D eigenvalue weighted by molar-refractivity contribution is 0.486. The Labute approximate surface area is 117 Å². The molecule has 0 unspecified atom stereocenters. The van der Waals surface area contributed by atoms with Crippen LogP contribution in [0.4, 0.5) is 5.69 Å². The van der Waals surface area contributed by atoms with Gasteiger partial charge >= 0.3 is 0 Å². The van der Waals surface area contributed by atoms with Gasteiger partial charge < -0.3 is 4.90 Å². The van der Waals surface area contributed by atoms with Crippen molar-refractivity contribution in [3.05, 3.63) is 29.3 Å². The van der Waals surface area contributed by atoms with Gasteiger partial charge in [-0.05, 0) is 37.0 Å². The number of alkyl halides is 1. The van der Waals surface area contributed by atoms with Crippen molar-refractivity contribution in [1.29, 1.82) is 0 Å². The number of anilines is 1. The van der Waals surface area contributed by atoms with Crippen molar-refractivity contribution in [1.82, 2.24) is 0 Å². The second-order valence-corrected chi connectivity index (χ2v) is 5.24. The van der Waals surface area contributed by atoms with Gasteiger partial charge in [-0.3, -0.25) is 0 Å². The Balaban J connectivity index is 2.87. The van der Waals surface area contributed by atoms with Crippen LogP contribution in [0.1, 0.15) is 44.7 Å². The zero-order valence-electron chi connectivity index (χ0n) is 12.2. The van der Waals surface area contributed by atoms with Gasteiger partial charge in [-0.25, -0.2) is 0 Å². The molecule has 0 aliphatic carbocycles. The molecule has 1 nitrogen and oxygen atoms in total. The van der Waals surface area contributed by atoms with E-state index >= 15 is 0 Å². The molecule has 0 amide bonds. The lowest BCUT2D eigenvalue weighted by atomic mass is 10.0. The Morgan fingerprint density at radius 2 is 1.83 bits per heavy atom. The normalized spacial score (nSPS) is 11.0. The van der Waals surface area contributed by atoms with Gasteiger partial charge in [0.1, 0.15) is 0 Å². The summed E-state index contributed by atoms with van der Waals surface area (Å²) in [6, 6.07) is 6.57. The third-order valence-electron chi connectivity index (χ3n) is 3.77. The van der Waals surface area contributed by atoms with Crippen molar-refractivity contribution in [3.63, 3.8) is 0 Å². The van der Waals surface area contributed by atoms with Gasteiger partial charge in [0, 0.05) is 24.7 Å². The standard InChI is InChI=1S/C16H26ClN/c1-5-14(6-2)12-18(7-3)16-9-8-15(11-17)10-13(16)4/h8-10,14H,5-7,11-12H2,1-4H3. The average Bonchev–Trinajstić information content (AvgIpc) is 2.41. The molecule has 2 heteroatoms. The number of aryl methyl sites for hydroxylation is 1. The number of rotatable bonds is 7. The molecule has 102 valence electrons. The highest BCUT2D eigenvalue weighted by molar-refractivity contribution is 6.17. The van der Waals surface area contributed by atoms with Crippen LogP contribution in [0.5, 0.6) is 0 Å². The molecule has 0 spiro atoms. The second-order valence-electron chi connectivity index (χ2n) is 4.98. The Morgan fingerprint density at radius 3 is 2.28 bits per heavy atom. The molecule has 0 atom stereocenters. The molecule has 0 N–H and O–H groups in total. The molecule has 0 saturated heterocycles. The van der Waals surface area contributed by atoms with Crippen LogP contribution in [0.3, 0.4) is 0 Å². The Kier molecular flexibility index (Phi) is 6.56. The lowest BCUT2D eigenvalue weighted by Gasteiger charge is -2.29. The summed E-state index contributed by atoms with van der Waals surface area (Å²) < 4.78 is 0. The summed E-state index contributed by atoms with van der Waals surface area (Å²) in [4.78, 5) is 2.49. The monoisotopic (exact) mass is 267 g/mol. The van der Waals surface area contributed by atoms with E-state index in [1.54, 1.807) is 0 Å². The molecule has 1 rings (SSSR count). The highest BCUT2D eigenvalue weighted by Gasteiger charge is 2.12. The SMILES string of the molecule is CCC(CC)CN(CC)c1ccc(CCl)cc1C. The largest absolute Gasteiger partial charge is 0.371 e. The van der Waals surface area contributed by atoms with Gasteiger partial charge in [-0.15, -0.1) is 11.6 Å². The van der Waals surface area contributed by atoms with Crippen molar-refractivity contribution in [2.45, 2.75) is 46.4 Å². The minimum Gasteiger partial charge on any atom is -0.371 e. The van der Waals surface area contributed by atoms with E-state index in [1.165, 1.54) is 29.7 Å². The Bertz CT molecular complexity index is 358. The molecule has 0 aromatic heterocycles. The summed E-state index contributed by atoms with van der Waals surface area (Å²) in [5, 5.41) is 0. The van der Waals surface area contributed by atoms with Crippen LogP contribution in [0, 0.1) is 12.8 Å². The van der Waals surface area contributed by atoms with Crippen LogP contribution in [-0.2, 0) is 5.88 Å². The average molecular weight is 268 g/mol. The van der Waals surface area contributed by atoms with E-state index in [2.05, 4.69) is 50.8 Å². The van der Waals surface area contributed by atoms with Crippen molar-refractivity contribution >= 4 is 17.3 Å². The van der Waals surface area contributed by atoms with Gasteiger partial charge in [0.2, 0.25) is 0 Å². The summed E-state index contributed by atoms with van der Waals surface area (Å²) in [6.07, 6.45) is 2.51. The van der Waals surface area contributed by atoms with E-state index in [1.807, 2.05) is 0 Å². The maximum atomic E-state index is 5.88. The fourth-order valence-electron chi connectivity index (χ4n) is 2.41. The molecular formula is C16H26ClN. The minimum atomic E-state index is 0.597.